The number of fused-ring (bicyclic) bond motifs is 1. The van der Waals surface area contributed by atoms with E-state index < -0.39 is 0 Å². The molecule has 0 aliphatic carbocycles. The lowest BCUT2D eigenvalue weighted by molar-refractivity contribution is 0.0626. The molecular weight excluding hydrogens is 438 g/mol. The first kappa shape index (κ1) is 22.6. The molecule has 2 aromatic heterocycles. The molecular formula is C28H27N5O2. The Labute approximate surface area is 204 Å². The van der Waals surface area contributed by atoms with E-state index in [1.165, 1.54) is 0 Å². The third-order valence-electron chi connectivity index (χ3n) is 6.57. The quantitative estimate of drug-likeness (QED) is 0.403. The third kappa shape index (κ3) is 4.25. The lowest BCUT2D eigenvalue weighted by Gasteiger charge is -2.40. The SMILES string of the molecule is C#Cc1cccc(-c2ccc(C(=O)N(C)[C@H](c3cncc4cn[nH]c34)C3CNC3)cc2OCC)c1. The summed E-state index contributed by atoms with van der Waals surface area (Å²) in [5.74, 6) is 3.52. The Balaban J connectivity index is 1.51. The van der Waals surface area contributed by atoms with Gasteiger partial charge in [-0.1, -0.05) is 18.1 Å². The van der Waals surface area contributed by atoms with E-state index in [0.29, 0.717) is 17.9 Å². The lowest BCUT2D eigenvalue weighted by atomic mass is 9.87. The predicted molar refractivity (Wildman–Crippen MR) is 136 cm³/mol. The highest BCUT2D eigenvalue weighted by Crippen LogP contribution is 2.36. The van der Waals surface area contributed by atoms with Gasteiger partial charge in [0.1, 0.15) is 5.75 Å². The molecule has 0 saturated carbocycles. The van der Waals surface area contributed by atoms with Crippen LogP contribution in [0.25, 0.3) is 22.0 Å². The van der Waals surface area contributed by atoms with Crippen LogP contribution >= 0.6 is 0 Å². The van der Waals surface area contributed by atoms with Crippen molar-refractivity contribution in [1.29, 1.82) is 0 Å². The van der Waals surface area contributed by atoms with E-state index in [9.17, 15) is 4.79 Å². The van der Waals surface area contributed by atoms with E-state index in [0.717, 1.165) is 46.2 Å². The number of carbonyl (C=O) groups is 1. The number of terminal acetylenes is 1. The normalized spacial score (nSPS) is 14.2. The second-order valence-corrected chi connectivity index (χ2v) is 8.71. The molecule has 1 aliphatic rings. The molecule has 4 aromatic rings. The molecule has 1 atom stereocenters. The molecule has 2 aromatic carbocycles. The first-order valence-corrected chi connectivity index (χ1v) is 11.7. The van der Waals surface area contributed by atoms with Crippen molar-refractivity contribution in [1.82, 2.24) is 25.4 Å². The van der Waals surface area contributed by atoms with E-state index in [1.807, 2.05) is 67.5 Å². The van der Waals surface area contributed by atoms with Crippen LogP contribution in [0.5, 0.6) is 5.75 Å². The number of hydrogen-bond donors (Lipinski definition) is 2. The number of nitrogens with one attached hydrogen (secondary N) is 2. The van der Waals surface area contributed by atoms with E-state index in [4.69, 9.17) is 11.2 Å². The second kappa shape index (κ2) is 9.61. The van der Waals surface area contributed by atoms with Gasteiger partial charge in [-0.2, -0.15) is 5.10 Å². The van der Waals surface area contributed by atoms with Crippen LogP contribution in [0.3, 0.4) is 0 Å². The Kier molecular flexibility index (Phi) is 6.21. The number of H-pyrrole nitrogens is 1. The van der Waals surface area contributed by atoms with Crippen LogP contribution in [0, 0.1) is 18.3 Å². The summed E-state index contributed by atoms with van der Waals surface area (Å²) in [6, 6.07) is 13.2. The van der Waals surface area contributed by atoms with Crippen LogP contribution in [-0.2, 0) is 0 Å². The smallest absolute Gasteiger partial charge is 0.254 e. The van der Waals surface area contributed by atoms with Crippen molar-refractivity contribution in [2.24, 2.45) is 5.92 Å². The average molecular weight is 466 g/mol. The molecule has 1 aliphatic heterocycles. The number of nitrogens with zero attached hydrogens (tertiary/aromatic N) is 3. The molecule has 0 unspecified atom stereocenters. The van der Waals surface area contributed by atoms with Crippen molar-refractivity contribution >= 4 is 16.8 Å². The van der Waals surface area contributed by atoms with Crippen LogP contribution in [0.2, 0.25) is 0 Å². The summed E-state index contributed by atoms with van der Waals surface area (Å²) in [6.45, 7) is 4.09. The Bertz CT molecular complexity index is 1420. The number of aromatic nitrogens is 3. The maximum absolute atomic E-state index is 13.8. The zero-order valence-corrected chi connectivity index (χ0v) is 19.8. The molecule has 176 valence electrons. The van der Waals surface area contributed by atoms with Gasteiger partial charge in [0.2, 0.25) is 0 Å². The highest BCUT2D eigenvalue weighted by molar-refractivity contribution is 5.96. The highest BCUT2D eigenvalue weighted by atomic mass is 16.5. The number of aromatic amines is 1. The van der Waals surface area contributed by atoms with Crippen LogP contribution in [0.15, 0.2) is 61.1 Å². The van der Waals surface area contributed by atoms with Gasteiger partial charge in [0.25, 0.3) is 5.91 Å². The minimum absolute atomic E-state index is 0.0803. The standard InChI is InChI=1S/C28H27N5O2/c1-4-18-7-6-8-19(11-18)23-10-9-20(12-25(23)35-5-2)28(34)33(3)27(22-14-29-15-22)24-17-30-13-21-16-31-32-26(21)24/h1,6-13,16-17,22,27,29H,5,14-15H2,2-3H3,(H,31,32)/t27-/m0/s1. The third-order valence-corrected chi connectivity index (χ3v) is 6.57. The van der Waals surface area contributed by atoms with Gasteiger partial charge in [0.05, 0.1) is 24.4 Å². The largest absolute Gasteiger partial charge is 0.493 e. The second-order valence-electron chi connectivity index (χ2n) is 8.71. The summed E-state index contributed by atoms with van der Waals surface area (Å²) in [5.41, 5.74) is 5.09. The topological polar surface area (TPSA) is 83.1 Å². The highest BCUT2D eigenvalue weighted by Gasteiger charge is 2.35. The number of rotatable bonds is 7. The van der Waals surface area contributed by atoms with E-state index in [2.05, 4.69) is 26.4 Å². The molecule has 35 heavy (non-hydrogen) atoms. The number of carbonyl (C=O) groups excluding carboxylic acids is 1. The Morgan fingerprint density at radius 1 is 1.23 bits per heavy atom. The van der Waals surface area contributed by atoms with Crippen molar-refractivity contribution in [2.75, 3.05) is 26.7 Å². The van der Waals surface area contributed by atoms with Gasteiger partial charge >= 0.3 is 0 Å². The van der Waals surface area contributed by atoms with Crippen LogP contribution in [-0.4, -0.2) is 52.7 Å². The summed E-state index contributed by atoms with van der Waals surface area (Å²) in [6.07, 6.45) is 11.0. The summed E-state index contributed by atoms with van der Waals surface area (Å²) >= 11 is 0. The maximum atomic E-state index is 13.8. The lowest BCUT2D eigenvalue weighted by Crippen LogP contribution is -2.50. The first-order chi connectivity index (χ1) is 17.1. The van der Waals surface area contributed by atoms with E-state index in [1.54, 1.807) is 12.4 Å². The number of ether oxygens (including phenoxy) is 1. The molecule has 0 spiro atoms. The Morgan fingerprint density at radius 2 is 2.09 bits per heavy atom. The maximum Gasteiger partial charge on any atom is 0.254 e. The van der Waals surface area contributed by atoms with Crippen molar-refractivity contribution in [2.45, 2.75) is 13.0 Å². The summed E-state index contributed by atoms with van der Waals surface area (Å²) in [7, 11) is 1.85. The predicted octanol–water partition coefficient (Wildman–Crippen LogP) is 4.04. The molecule has 3 heterocycles. The van der Waals surface area contributed by atoms with Crippen molar-refractivity contribution in [3.05, 3.63) is 77.7 Å². The van der Waals surface area contributed by atoms with E-state index in [-0.39, 0.29) is 17.9 Å². The Morgan fingerprint density at radius 3 is 2.83 bits per heavy atom. The first-order valence-electron chi connectivity index (χ1n) is 11.7. The molecule has 0 radical (unpaired) electrons. The zero-order chi connectivity index (χ0) is 24.4. The summed E-state index contributed by atoms with van der Waals surface area (Å²) < 4.78 is 5.95. The number of pyridine rings is 1. The molecule has 2 N–H and O–H groups in total. The van der Waals surface area contributed by atoms with Gasteiger partial charge in [0.15, 0.2) is 0 Å². The van der Waals surface area contributed by atoms with Gasteiger partial charge in [-0.15, -0.1) is 6.42 Å². The molecule has 7 heteroatoms. The fourth-order valence-corrected chi connectivity index (χ4v) is 4.70. The minimum atomic E-state index is -0.150. The number of hydrogen-bond acceptors (Lipinski definition) is 5. The monoisotopic (exact) mass is 465 g/mol. The molecule has 1 amide bonds. The molecule has 7 nitrogen and oxygen atoms in total. The molecule has 1 saturated heterocycles. The van der Waals surface area contributed by atoms with Gasteiger partial charge in [-0.25, -0.2) is 0 Å². The van der Waals surface area contributed by atoms with Crippen molar-refractivity contribution in [3.63, 3.8) is 0 Å². The fraction of sp³-hybridized carbons (Fsp3) is 0.250. The fourth-order valence-electron chi connectivity index (χ4n) is 4.70. The molecule has 5 rings (SSSR count). The average Bonchev–Trinajstić information content (AvgIpc) is 3.35. The van der Waals surface area contributed by atoms with E-state index >= 15 is 0 Å². The zero-order valence-electron chi connectivity index (χ0n) is 19.8. The van der Waals surface area contributed by atoms with Gasteiger partial charge in [0, 0.05) is 66.1 Å². The van der Waals surface area contributed by atoms with Crippen molar-refractivity contribution in [3.8, 4) is 29.2 Å². The van der Waals surface area contributed by atoms with Gasteiger partial charge in [-0.05, 0) is 42.8 Å². The van der Waals surface area contributed by atoms with Gasteiger partial charge in [-0.3, -0.25) is 14.9 Å². The number of amides is 1. The van der Waals surface area contributed by atoms with Crippen LogP contribution in [0.4, 0.5) is 0 Å². The number of benzene rings is 2. The van der Waals surface area contributed by atoms with Crippen LogP contribution in [0.1, 0.15) is 34.5 Å². The summed E-state index contributed by atoms with van der Waals surface area (Å²) in [5, 5.41) is 11.5. The molecule has 1 fully saturated rings. The Hall–Kier alpha value is -4.15. The van der Waals surface area contributed by atoms with Crippen molar-refractivity contribution < 1.29 is 9.53 Å². The van der Waals surface area contributed by atoms with Crippen LogP contribution < -0.4 is 10.1 Å². The molecule has 0 bridgehead atoms. The van der Waals surface area contributed by atoms with Gasteiger partial charge < -0.3 is 15.0 Å². The minimum Gasteiger partial charge on any atom is -0.493 e. The summed E-state index contributed by atoms with van der Waals surface area (Å²) in [4.78, 5) is 20.0.